The first kappa shape index (κ1) is 14.0. The van der Waals surface area contributed by atoms with Crippen LogP contribution in [0.3, 0.4) is 0 Å². The first-order chi connectivity index (χ1) is 8.15. The molecular weight excluding hydrogens is 214 g/mol. The van der Waals surface area contributed by atoms with Crippen molar-refractivity contribution >= 4 is 5.95 Å². The molecule has 0 aliphatic rings. The van der Waals surface area contributed by atoms with Gasteiger partial charge in [0.05, 0.1) is 0 Å². The van der Waals surface area contributed by atoms with Crippen LogP contribution in [0.15, 0.2) is 12.4 Å². The molecule has 1 unspecified atom stereocenters. The number of hydrogen-bond donors (Lipinski definition) is 1. The van der Waals surface area contributed by atoms with Crippen molar-refractivity contribution in [3.63, 3.8) is 0 Å². The number of nitrogens with one attached hydrogen (secondary N) is 1. The third-order valence-electron chi connectivity index (χ3n) is 2.96. The van der Waals surface area contributed by atoms with Crippen LogP contribution in [-0.2, 0) is 11.3 Å². The summed E-state index contributed by atoms with van der Waals surface area (Å²) in [7, 11) is 0. The molecule has 0 saturated carbocycles. The van der Waals surface area contributed by atoms with Crippen LogP contribution in [0.2, 0.25) is 0 Å². The highest BCUT2D eigenvalue weighted by molar-refractivity contribution is 5.27. The normalized spacial score (nSPS) is 13.0. The summed E-state index contributed by atoms with van der Waals surface area (Å²) in [5, 5.41) is 3.44. The maximum Gasteiger partial charge on any atom is 0.202 e. The lowest BCUT2D eigenvalue weighted by Gasteiger charge is -2.19. The van der Waals surface area contributed by atoms with E-state index in [9.17, 15) is 0 Å². The molecular formula is C13H25N3O. The summed E-state index contributed by atoms with van der Waals surface area (Å²) in [5.41, 5.74) is 0. The molecule has 0 aliphatic carbocycles. The lowest BCUT2D eigenvalue weighted by Crippen LogP contribution is -2.23. The molecule has 1 aromatic rings. The number of hydrogen-bond acceptors (Lipinski definition) is 3. The van der Waals surface area contributed by atoms with E-state index in [1.54, 1.807) is 0 Å². The van der Waals surface area contributed by atoms with Crippen molar-refractivity contribution in [2.75, 3.05) is 18.5 Å². The van der Waals surface area contributed by atoms with Gasteiger partial charge in [0.25, 0.3) is 0 Å². The number of aromatic nitrogens is 2. The van der Waals surface area contributed by atoms with Gasteiger partial charge in [-0.2, -0.15) is 0 Å². The molecule has 4 heteroatoms. The van der Waals surface area contributed by atoms with Crippen LogP contribution in [0, 0.1) is 5.92 Å². The Bertz CT molecular complexity index is 309. The van der Waals surface area contributed by atoms with Gasteiger partial charge in [0.2, 0.25) is 5.95 Å². The maximum atomic E-state index is 5.34. The second-order valence-corrected chi connectivity index (χ2v) is 4.67. The SMILES string of the molecule is CCOCCCn1ccnc1NC(C)C(C)C. The van der Waals surface area contributed by atoms with E-state index in [1.165, 1.54) is 0 Å². The summed E-state index contributed by atoms with van der Waals surface area (Å²) in [5.74, 6) is 1.56. The molecule has 0 bridgehead atoms. The van der Waals surface area contributed by atoms with Gasteiger partial charge in [-0.05, 0) is 26.2 Å². The van der Waals surface area contributed by atoms with Gasteiger partial charge in [0, 0.05) is 38.2 Å². The van der Waals surface area contributed by atoms with Gasteiger partial charge in [-0.15, -0.1) is 0 Å². The Hall–Kier alpha value is -1.03. The van der Waals surface area contributed by atoms with Crippen LogP contribution >= 0.6 is 0 Å². The van der Waals surface area contributed by atoms with E-state index >= 15 is 0 Å². The Morgan fingerprint density at radius 3 is 2.82 bits per heavy atom. The third kappa shape index (κ3) is 4.77. The minimum absolute atomic E-state index is 0.433. The molecule has 0 saturated heterocycles. The Balaban J connectivity index is 2.42. The van der Waals surface area contributed by atoms with Crippen molar-refractivity contribution in [3.8, 4) is 0 Å². The molecule has 0 aliphatic heterocycles. The van der Waals surface area contributed by atoms with Crippen LogP contribution in [0.4, 0.5) is 5.95 Å². The summed E-state index contributed by atoms with van der Waals surface area (Å²) in [4.78, 5) is 4.35. The summed E-state index contributed by atoms with van der Waals surface area (Å²) in [6.45, 7) is 11.2. The van der Waals surface area contributed by atoms with E-state index in [2.05, 4.69) is 35.6 Å². The van der Waals surface area contributed by atoms with Crippen LogP contribution < -0.4 is 5.32 Å². The highest BCUT2D eigenvalue weighted by atomic mass is 16.5. The smallest absolute Gasteiger partial charge is 0.202 e. The van der Waals surface area contributed by atoms with E-state index in [0.29, 0.717) is 12.0 Å². The standard InChI is InChI=1S/C13H25N3O/c1-5-17-10-6-8-16-9-7-14-13(16)15-12(4)11(2)3/h7,9,11-12H,5-6,8,10H2,1-4H3,(H,14,15). The summed E-state index contributed by atoms with van der Waals surface area (Å²) in [6.07, 6.45) is 4.88. The molecule has 1 rings (SSSR count). The lowest BCUT2D eigenvalue weighted by atomic mass is 10.1. The predicted octanol–water partition coefficient (Wildman–Crippen LogP) is 2.77. The van der Waals surface area contributed by atoms with Crippen molar-refractivity contribution in [3.05, 3.63) is 12.4 Å². The molecule has 98 valence electrons. The molecule has 0 fully saturated rings. The Labute approximate surface area is 104 Å². The molecule has 0 spiro atoms. The molecule has 0 aromatic carbocycles. The Morgan fingerprint density at radius 2 is 2.18 bits per heavy atom. The highest BCUT2D eigenvalue weighted by Gasteiger charge is 2.09. The molecule has 0 radical (unpaired) electrons. The fourth-order valence-corrected chi connectivity index (χ4v) is 1.48. The van der Waals surface area contributed by atoms with Gasteiger partial charge in [0.15, 0.2) is 0 Å². The Kier molecular flexibility index (Phi) is 6.05. The van der Waals surface area contributed by atoms with Crippen LogP contribution in [0.5, 0.6) is 0 Å². The van der Waals surface area contributed by atoms with E-state index in [-0.39, 0.29) is 0 Å². The van der Waals surface area contributed by atoms with E-state index in [4.69, 9.17) is 4.74 Å². The highest BCUT2D eigenvalue weighted by Crippen LogP contribution is 2.11. The Morgan fingerprint density at radius 1 is 1.41 bits per heavy atom. The van der Waals surface area contributed by atoms with Crippen molar-refractivity contribution in [1.29, 1.82) is 0 Å². The molecule has 1 N–H and O–H groups in total. The average molecular weight is 239 g/mol. The number of anilines is 1. The van der Waals surface area contributed by atoms with E-state index in [1.807, 2.05) is 19.3 Å². The molecule has 0 amide bonds. The quantitative estimate of drug-likeness (QED) is 0.709. The van der Waals surface area contributed by atoms with Crippen molar-refractivity contribution in [1.82, 2.24) is 9.55 Å². The lowest BCUT2D eigenvalue weighted by molar-refractivity contribution is 0.142. The first-order valence-corrected chi connectivity index (χ1v) is 6.50. The second-order valence-electron chi connectivity index (χ2n) is 4.67. The number of imidazole rings is 1. The van der Waals surface area contributed by atoms with Crippen LogP contribution in [0.1, 0.15) is 34.1 Å². The number of nitrogens with zero attached hydrogens (tertiary/aromatic N) is 2. The fraction of sp³-hybridized carbons (Fsp3) is 0.769. The predicted molar refractivity (Wildman–Crippen MR) is 71.3 cm³/mol. The van der Waals surface area contributed by atoms with Crippen LogP contribution in [-0.4, -0.2) is 28.8 Å². The van der Waals surface area contributed by atoms with Gasteiger partial charge >= 0.3 is 0 Å². The van der Waals surface area contributed by atoms with E-state index < -0.39 is 0 Å². The van der Waals surface area contributed by atoms with Gasteiger partial charge < -0.3 is 14.6 Å². The van der Waals surface area contributed by atoms with Gasteiger partial charge in [-0.1, -0.05) is 13.8 Å². The molecule has 1 atom stereocenters. The van der Waals surface area contributed by atoms with Crippen LogP contribution in [0.25, 0.3) is 0 Å². The van der Waals surface area contributed by atoms with Gasteiger partial charge in [0.1, 0.15) is 0 Å². The monoisotopic (exact) mass is 239 g/mol. The van der Waals surface area contributed by atoms with Gasteiger partial charge in [-0.25, -0.2) is 4.98 Å². The maximum absolute atomic E-state index is 5.34. The molecule has 1 heterocycles. The van der Waals surface area contributed by atoms with Gasteiger partial charge in [-0.3, -0.25) is 0 Å². The minimum Gasteiger partial charge on any atom is -0.382 e. The molecule has 4 nitrogen and oxygen atoms in total. The van der Waals surface area contributed by atoms with Crippen molar-refractivity contribution < 1.29 is 4.74 Å². The topological polar surface area (TPSA) is 39.1 Å². The number of ether oxygens (including phenoxy) is 1. The zero-order valence-electron chi connectivity index (χ0n) is 11.4. The summed E-state index contributed by atoms with van der Waals surface area (Å²) in [6, 6.07) is 0.433. The number of rotatable bonds is 8. The third-order valence-corrected chi connectivity index (χ3v) is 2.96. The van der Waals surface area contributed by atoms with Crippen molar-refractivity contribution in [2.45, 2.75) is 46.7 Å². The van der Waals surface area contributed by atoms with Crippen molar-refractivity contribution in [2.24, 2.45) is 5.92 Å². The average Bonchev–Trinajstić information content (AvgIpc) is 2.72. The zero-order chi connectivity index (χ0) is 12.7. The zero-order valence-corrected chi connectivity index (χ0v) is 11.4. The largest absolute Gasteiger partial charge is 0.382 e. The first-order valence-electron chi connectivity index (χ1n) is 6.50. The number of aryl methyl sites for hydroxylation is 1. The second kappa shape index (κ2) is 7.33. The van der Waals surface area contributed by atoms with E-state index in [0.717, 1.165) is 32.1 Å². The molecule has 17 heavy (non-hydrogen) atoms. The fourth-order valence-electron chi connectivity index (χ4n) is 1.48. The minimum atomic E-state index is 0.433. The summed E-state index contributed by atoms with van der Waals surface area (Å²) < 4.78 is 7.49. The molecule has 1 aromatic heterocycles. The summed E-state index contributed by atoms with van der Waals surface area (Å²) >= 11 is 0.